The average molecular weight is 498 g/mol. The molecule has 1 aliphatic heterocycles. The van der Waals surface area contributed by atoms with Gasteiger partial charge in [-0.1, -0.05) is 36.4 Å². The summed E-state index contributed by atoms with van der Waals surface area (Å²) in [4.78, 5) is 24.7. The van der Waals surface area contributed by atoms with Gasteiger partial charge in [0.25, 0.3) is 5.91 Å². The number of fused-ring (bicyclic) bond motifs is 1. The van der Waals surface area contributed by atoms with Crippen LogP contribution in [0.15, 0.2) is 71.2 Å². The monoisotopic (exact) mass is 497 g/mol. The molecule has 3 aromatic carbocycles. The second-order valence-electron chi connectivity index (χ2n) is 6.90. The summed E-state index contributed by atoms with van der Waals surface area (Å²) in [6.45, 7) is 0.855. The number of esters is 1. The normalized spacial score (nSPS) is 12.0. The van der Waals surface area contributed by atoms with Crippen molar-refractivity contribution in [2.24, 2.45) is 0 Å². The van der Waals surface area contributed by atoms with Crippen molar-refractivity contribution in [3.8, 4) is 17.2 Å². The summed E-state index contributed by atoms with van der Waals surface area (Å²) < 4.78 is 22.5. The summed E-state index contributed by atoms with van der Waals surface area (Å²) in [5.74, 6) is 0.577. The summed E-state index contributed by atoms with van der Waals surface area (Å²) >= 11 is 3.39. The van der Waals surface area contributed by atoms with Gasteiger partial charge < -0.3 is 24.3 Å². The molecule has 1 heterocycles. The third kappa shape index (κ3) is 5.59. The minimum Gasteiger partial charge on any atom is -0.489 e. The fraction of sp³-hybridized carbons (Fsp3) is 0.167. The number of halogens is 1. The van der Waals surface area contributed by atoms with Crippen LogP contribution in [0.4, 0.5) is 5.69 Å². The molecular weight excluding hydrogens is 478 g/mol. The molecule has 1 amide bonds. The Labute approximate surface area is 193 Å². The van der Waals surface area contributed by atoms with Gasteiger partial charge in [-0.3, -0.25) is 4.79 Å². The zero-order valence-corrected chi connectivity index (χ0v) is 18.6. The number of hydrogen-bond acceptors (Lipinski definition) is 6. The van der Waals surface area contributed by atoms with Gasteiger partial charge >= 0.3 is 5.97 Å². The van der Waals surface area contributed by atoms with E-state index in [0.29, 0.717) is 52.8 Å². The van der Waals surface area contributed by atoms with Crippen LogP contribution < -0.4 is 19.5 Å². The van der Waals surface area contributed by atoms with Crippen LogP contribution >= 0.6 is 15.9 Å². The van der Waals surface area contributed by atoms with E-state index < -0.39 is 18.5 Å². The van der Waals surface area contributed by atoms with Gasteiger partial charge in [-0.2, -0.15) is 0 Å². The van der Waals surface area contributed by atoms with Gasteiger partial charge in [-0.15, -0.1) is 0 Å². The Balaban J connectivity index is 1.31. The summed E-state index contributed by atoms with van der Waals surface area (Å²) in [5, 5.41) is 2.69. The lowest BCUT2D eigenvalue weighted by molar-refractivity contribution is -0.119. The number of anilines is 1. The van der Waals surface area contributed by atoms with E-state index >= 15 is 0 Å². The third-order valence-corrected chi connectivity index (χ3v) is 5.21. The van der Waals surface area contributed by atoms with Crippen LogP contribution in [-0.4, -0.2) is 31.7 Å². The minimum atomic E-state index is -0.619. The van der Waals surface area contributed by atoms with E-state index in [9.17, 15) is 9.59 Å². The first kappa shape index (κ1) is 21.7. The lowest BCUT2D eigenvalue weighted by atomic mass is 10.2. The Morgan fingerprint density at radius 3 is 2.47 bits per heavy atom. The summed E-state index contributed by atoms with van der Waals surface area (Å²) in [5.41, 5.74) is 1.80. The standard InChI is InChI=1S/C24H20BrNO6/c25-19-12-21-22(30-10-9-29-21)13-20(19)26-23(27)15-32-24(28)17-7-4-8-18(11-17)31-14-16-5-2-1-3-6-16/h1-8,11-13H,9-10,14-15H2,(H,26,27). The topological polar surface area (TPSA) is 83.1 Å². The molecule has 32 heavy (non-hydrogen) atoms. The van der Waals surface area contributed by atoms with Gasteiger partial charge in [0.2, 0.25) is 0 Å². The smallest absolute Gasteiger partial charge is 0.338 e. The second-order valence-corrected chi connectivity index (χ2v) is 7.76. The predicted molar refractivity (Wildman–Crippen MR) is 121 cm³/mol. The highest BCUT2D eigenvalue weighted by Crippen LogP contribution is 2.38. The molecule has 1 aliphatic rings. The number of nitrogens with one attached hydrogen (secondary N) is 1. The first-order valence-electron chi connectivity index (χ1n) is 9.91. The lowest BCUT2D eigenvalue weighted by Crippen LogP contribution is -2.21. The summed E-state index contributed by atoms with van der Waals surface area (Å²) in [6, 6.07) is 19.7. The van der Waals surface area contributed by atoms with Crippen molar-refractivity contribution in [3.05, 3.63) is 82.3 Å². The Kier molecular flexibility index (Phi) is 6.91. The predicted octanol–water partition coefficient (Wildman–Crippen LogP) is 4.59. The minimum absolute atomic E-state index is 0.295. The summed E-state index contributed by atoms with van der Waals surface area (Å²) in [6.07, 6.45) is 0. The SMILES string of the molecule is O=C(COC(=O)c1cccc(OCc2ccccc2)c1)Nc1cc2c(cc1Br)OCCO2. The van der Waals surface area contributed by atoms with Gasteiger partial charge in [0, 0.05) is 16.6 Å². The highest BCUT2D eigenvalue weighted by molar-refractivity contribution is 9.10. The molecule has 0 fully saturated rings. The van der Waals surface area contributed by atoms with Crippen LogP contribution in [0.1, 0.15) is 15.9 Å². The first-order valence-corrected chi connectivity index (χ1v) is 10.7. The molecule has 0 unspecified atom stereocenters. The molecule has 0 aliphatic carbocycles. The molecule has 7 nitrogen and oxygen atoms in total. The molecule has 8 heteroatoms. The largest absolute Gasteiger partial charge is 0.489 e. The van der Waals surface area contributed by atoms with E-state index in [4.69, 9.17) is 18.9 Å². The summed E-state index contributed by atoms with van der Waals surface area (Å²) in [7, 11) is 0. The number of carbonyl (C=O) groups excluding carboxylic acids is 2. The number of benzene rings is 3. The van der Waals surface area contributed by atoms with Crippen LogP contribution in [0.2, 0.25) is 0 Å². The van der Waals surface area contributed by atoms with Crippen molar-refractivity contribution in [2.75, 3.05) is 25.1 Å². The zero-order valence-electron chi connectivity index (χ0n) is 17.0. The second kappa shape index (κ2) is 10.2. The molecule has 0 saturated heterocycles. The Bertz CT molecular complexity index is 1120. The molecule has 0 bridgehead atoms. The highest BCUT2D eigenvalue weighted by atomic mass is 79.9. The van der Waals surface area contributed by atoms with Crippen molar-refractivity contribution in [1.29, 1.82) is 0 Å². The quantitative estimate of drug-likeness (QED) is 0.480. The molecule has 0 atom stereocenters. The van der Waals surface area contributed by atoms with Crippen LogP contribution in [0.25, 0.3) is 0 Å². The van der Waals surface area contributed by atoms with Crippen LogP contribution in [0.3, 0.4) is 0 Å². The fourth-order valence-electron chi connectivity index (χ4n) is 3.01. The molecular formula is C24H20BrNO6. The number of amides is 1. The first-order chi connectivity index (χ1) is 15.6. The van der Waals surface area contributed by atoms with E-state index in [2.05, 4.69) is 21.2 Å². The molecule has 4 rings (SSSR count). The van der Waals surface area contributed by atoms with E-state index in [1.807, 2.05) is 30.3 Å². The highest BCUT2D eigenvalue weighted by Gasteiger charge is 2.17. The van der Waals surface area contributed by atoms with E-state index in [1.54, 1.807) is 36.4 Å². The Morgan fingerprint density at radius 2 is 1.69 bits per heavy atom. The van der Waals surface area contributed by atoms with Gasteiger partial charge in [0.15, 0.2) is 18.1 Å². The Hall–Kier alpha value is -3.52. The molecule has 164 valence electrons. The van der Waals surface area contributed by atoms with Crippen LogP contribution in [0, 0.1) is 0 Å². The molecule has 0 spiro atoms. The van der Waals surface area contributed by atoms with Gasteiger partial charge in [-0.05, 0) is 39.7 Å². The third-order valence-electron chi connectivity index (χ3n) is 4.56. The van der Waals surface area contributed by atoms with E-state index in [-0.39, 0.29) is 0 Å². The fourth-order valence-corrected chi connectivity index (χ4v) is 3.44. The van der Waals surface area contributed by atoms with Crippen LogP contribution in [0.5, 0.6) is 17.2 Å². The van der Waals surface area contributed by atoms with Crippen molar-refractivity contribution in [1.82, 2.24) is 0 Å². The number of rotatable bonds is 7. The number of carbonyl (C=O) groups is 2. The Morgan fingerprint density at radius 1 is 0.938 bits per heavy atom. The van der Waals surface area contributed by atoms with Crippen molar-refractivity contribution in [3.63, 3.8) is 0 Å². The average Bonchev–Trinajstić information content (AvgIpc) is 2.82. The maximum absolute atomic E-state index is 12.4. The number of hydrogen-bond donors (Lipinski definition) is 1. The van der Waals surface area contributed by atoms with E-state index in [0.717, 1.165) is 5.56 Å². The lowest BCUT2D eigenvalue weighted by Gasteiger charge is -2.20. The van der Waals surface area contributed by atoms with Gasteiger partial charge in [0.1, 0.15) is 25.6 Å². The van der Waals surface area contributed by atoms with Crippen LogP contribution in [-0.2, 0) is 16.1 Å². The van der Waals surface area contributed by atoms with Crippen molar-refractivity contribution in [2.45, 2.75) is 6.61 Å². The number of ether oxygens (including phenoxy) is 4. The van der Waals surface area contributed by atoms with Crippen molar-refractivity contribution < 1.29 is 28.5 Å². The molecule has 0 saturated carbocycles. The zero-order chi connectivity index (χ0) is 22.3. The molecule has 0 radical (unpaired) electrons. The maximum atomic E-state index is 12.4. The molecule has 1 N–H and O–H groups in total. The molecule has 3 aromatic rings. The van der Waals surface area contributed by atoms with Gasteiger partial charge in [-0.25, -0.2) is 4.79 Å². The maximum Gasteiger partial charge on any atom is 0.338 e. The molecule has 0 aromatic heterocycles. The van der Waals surface area contributed by atoms with Crippen molar-refractivity contribution >= 4 is 33.5 Å². The van der Waals surface area contributed by atoms with E-state index in [1.165, 1.54) is 0 Å². The van der Waals surface area contributed by atoms with Gasteiger partial charge in [0.05, 0.1) is 11.3 Å².